The summed E-state index contributed by atoms with van der Waals surface area (Å²) in [7, 11) is 0. The van der Waals surface area contributed by atoms with E-state index in [0.29, 0.717) is 12.5 Å². The van der Waals surface area contributed by atoms with Crippen LogP contribution in [-0.4, -0.2) is 11.9 Å². The van der Waals surface area contributed by atoms with Crippen LogP contribution < -0.4 is 5.32 Å². The molecule has 1 saturated carbocycles. The molecule has 0 radical (unpaired) electrons. The van der Waals surface area contributed by atoms with Crippen LogP contribution >= 0.6 is 0 Å². The molecule has 1 aliphatic carbocycles. The molecule has 0 aromatic heterocycles. The zero-order chi connectivity index (χ0) is 14.0. The Bertz CT molecular complexity index is 551. The first-order valence-electron chi connectivity index (χ1n) is 6.19. The van der Waals surface area contributed by atoms with Gasteiger partial charge in [-0.25, -0.2) is 8.78 Å². The number of halogens is 2. The average molecular weight is 264 g/mol. The first-order valence-corrected chi connectivity index (χ1v) is 6.19. The second-order valence-electron chi connectivity index (χ2n) is 4.83. The number of rotatable bonds is 2. The molecule has 3 nitrogen and oxygen atoms in total. The van der Waals surface area contributed by atoms with Crippen LogP contribution in [0, 0.1) is 35.8 Å². The Morgan fingerprint density at radius 1 is 1.37 bits per heavy atom. The number of carbonyl (C=O) groups is 1. The van der Waals surface area contributed by atoms with Crippen LogP contribution in [0.15, 0.2) is 12.1 Å². The predicted molar refractivity (Wildman–Crippen MR) is 65.3 cm³/mol. The summed E-state index contributed by atoms with van der Waals surface area (Å²) in [5.41, 5.74) is 0.0392. The van der Waals surface area contributed by atoms with Crippen LogP contribution in [0.3, 0.4) is 0 Å². The van der Waals surface area contributed by atoms with E-state index in [4.69, 9.17) is 5.26 Å². The Hall–Kier alpha value is -1.96. The molecule has 1 fully saturated rings. The lowest BCUT2D eigenvalue weighted by molar-refractivity contribution is 0.0928. The molecule has 2 unspecified atom stereocenters. The third-order valence-electron chi connectivity index (χ3n) is 3.49. The van der Waals surface area contributed by atoms with Crippen LogP contribution in [0.1, 0.15) is 35.2 Å². The lowest BCUT2D eigenvalue weighted by atomic mass is 10.0. The molecule has 0 bridgehead atoms. The van der Waals surface area contributed by atoms with Crippen molar-refractivity contribution in [3.63, 3.8) is 0 Å². The van der Waals surface area contributed by atoms with Gasteiger partial charge in [-0.1, -0.05) is 0 Å². The molecule has 2 atom stereocenters. The zero-order valence-electron chi connectivity index (χ0n) is 10.5. The lowest BCUT2D eigenvalue weighted by Gasteiger charge is -2.16. The summed E-state index contributed by atoms with van der Waals surface area (Å²) in [5, 5.41) is 11.6. The highest BCUT2D eigenvalue weighted by Gasteiger charge is 2.29. The van der Waals surface area contributed by atoms with Gasteiger partial charge in [0.05, 0.1) is 17.6 Å². The minimum absolute atomic E-state index is 0.178. The summed E-state index contributed by atoms with van der Waals surface area (Å²) < 4.78 is 26.7. The number of nitriles is 1. The summed E-state index contributed by atoms with van der Waals surface area (Å²) in [5.74, 6) is -2.38. The number of hydrogen-bond acceptors (Lipinski definition) is 2. The summed E-state index contributed by atoms with van der Waals surface area (Å²) in [6.07, 6.45) is 2.33. The molecular formula is C14H14F2N2O. The van der Waals surface area contributed by atoms with Gasteiger partial charge in [-0.05, 0) is 37.8 Å². The van der Waals surface area contributed by atoms with Crippen molar-refractivity contribution in [2.45, 2.75) is 32.2 Å². The van der Waals surface area contributed by atoms with Crippen molar-refractivity contribution in [3.05, 3.63) is 34.9 Å². The van der Waals surface area contributed by atoms with Crippen LogP contribution in [-0.2, 0) is 0 Å². The zero-order valence-corrected chi connectivity index (χ0v) is 10.5. The van der Waals surface area contributed by atoms with E-state index >= 15 is 0 Å². The van der Waals surface area contributed by atoms with Crippen LogP contribution in [0.4, 0.5) is 8.78 Å². The minimum atomic E-state index is -0.882. The van der Waals surface area contributed by atoms with Gasteiger partial charge in [0.25, 0.3) is 5.91 Å². The van der Waals surface area contributed by atoms with E-state index in [1.807, 2.05) is 0 Å². The van der Waals surface area contributed by atoms with Gasteiger partial charge in [-0.2, -0.15) is 5.26 Å². The summed E-state index contributed by atoms with van der Waals surface area (Å²) >= 11 is 0. The van der Waals surface area contributed by atoms with Gasteiger partial charge in [-0.15, -0.1) is 0 Å². The highest BCUT2D eigenvalue weighted by Crippen LogP contribution is 2.25. The van der Waals surface area contributed by atoms with E-state index in [2.05, 4.69) is 11.4 Å². The summed E-state index contributed by atoms with van der Waals surface area (Å²) in [4.78, 5) is 12.0. The molecule has 2 rings (SSSR count). The monoisotopic (exact) mass is 264 g/mol. The standard InChI is InChI=1S/C14H14F2N2O/c1-8-5-10(12(16)6-11(8)15)14(19)18-13-4-2-3-9(13)7-17/h5-6,9,13H,2-4H2,1H3,(H,18,19). The van der Waals surface area contributed by atoms with Crippen molar-refractivity contribution < 1.29 is 13.6 Å². The largest absolute Gasteiger partial charge is 0.348 e. The Morgan fingerprint density at radius 2 is 2.11 bits per heavy atom. The first-order chi connectivity index (χ1) is 9.02. The fourth-order valence-corrected chi connectivity index (χ4v) is 2.36. The first kappa shape index (κ1) is 13.5. The molecule has 100 valence electrons. The SMILES string of the molecule is Cc1cc(C(=O)NC2CCCC2C#N)c(F)cc1F. The molecule has 5 heteroatoms. The number of aryl methyl sites for hydroxylation is 1. The number of amides is 1. The highest BCUT2D eigenvalue weighted by molar-refractivity contribution is 5.94. The van der Waals surface area contributed by atoms with Gasteiger partial charge in [0.1, 0.15) is 11.6 Å². The molecule has 0 aliphatic heterocycles. The molecule has 1 N–H and O–H groups in total. The van der Waals surface area contributed by atoms with Crippen LogP contribution in [0.5, 0.6) is 0 Å². The number of benzene rings is 1. The van der Waals surface area contributed by atoms with E-state index in [1.165, 1.54) is 13.0 Å². The Balaban J connectivity index is 2.17. The fourth-order valence-electron chi connectivity index (χ4n) is 2.36. The maximum Gasteiger partial charge on any atom is 0.254 e. The van der Waals surface area contributed by atoms with Gasteiger partial charge >= 0.3 is 0 Å². The van der Waals surface area contributed by atoms with Crippen molar-refractivity contribution in [3.8, 4) is 6.07 Å². The Kier molecular flexibility index (Phi) is 3.79. The quantitative estimate of drug-likeness (QED) is 0.892. The Morgan fingerprint density at radius 3 is 2.79 bits per heavy atom. The number of nitrogens with zero attached hydrogens (tertiary/aromatic N) is 1. The van der Waals surface area contributed by atoms with Gasteiger partial charge in [0.15, 0.2) is 0 Å². The van der Waals surface area contributed by atoms with Crippen LogP contribution in [0.2, 0.25) is 0 Å². The molecular weight excluding hydrogens is 250 g/mol. The van der Waals surface area contributed by atoms with Crippen molar-refractivity contribution >= 4 is 5.91 Å². The fraction of sp³-hybridized carbons (Fsp3) is 0.429. The molecule has 19 heavy (non-hydrogen) atoms. The third kappa shape index (κ3) is 2.73. The van der Waals surface area contributed by atoms with E-state index < -0.39 is 17.5 Å². The smallest absolute Gasteiger partial charge is 0.254 e. The van der Waals surface area contributed by atoms with Gasteiger partial charge in [0, 0.05) is 12.1 Å². The summed E-state index contributed by atoms with van der Waals surface area (Å²) in [6.45, 7) is 1.47. The molecule has 0 heterocycles. The normalized spacial score (nSPS) is 22.0. The van der Waals surface area contributed by atoms with E-state index in [9.17, 15) is 13.6 Å². The van der Waals surface area contributed by atoms with Gasteiger partial charge in [0.2, 0.25) is 0 Å². The van der Waals surface area contributed by atoms with E-state index in [0.717, 1.165) is 12.8 Å². The van der Waals surface area contributed by atoms with Crippen molar-refractivity contribution in [1.29, 1.82) is 5.26 Å². The minimum Gasteiger partial charge on any atom is -0.348 e. The topological polar surface area (TPSA) is 52.9 Å². The van der Waals surface area contributed by atoms with Crippen LogP contribution in [0.25, 0.3) is 0 Å². The van der Waals surface area contributed by atoms with Gasteiger partial charge < -0.3 is 5.32 Å². The molecule has 1 aliphatic rings. The predicted octanol–water partition coefficient (Wildman–Crippen LogP) is 2.70. The Labute approximate surface area is 110 Å². The van der Waals surface area contributed by atoms with Crippen molar-refractivity contribution in [2.24, 2.45) is 5.92 Å². The lowest BCUT2D eigenvalue weighted by Crippen LogP contribution is -2.37. The molecule has 1 amide bonds. The molecule has 1 aromatic rings. The average Bonchev–Trinajstić information content (AvgIpc) is 2.80. The molecule has 1 aromatic carbocycles. The summed E-state index contributed by atoms with van der Waals surface area (Å²) in [6, 6.07) is 3.79. The number of hydrogen-bond donors (Lipinski definition) is 1. The van der Waals surface area contributed by atoms with E-state index in [-0.39, 0.29) is 23.1 Å². The molecule has 0 saturated heterocycles. The number of carbonyl (C=O) groups excluding carboxylic acids is 1. The molecule has 0 spiro atoms. The third-order valence-corrected chi connectivity index (χ3v) is 3.49. The van der Waals surface area contributed by atoms with Gasteiger partial charge in [-0.3, -0.25) is 4.79 Å². The second kappa shape index (κ2) is 5.35. The number of nitrogens with one attached hydrogen (secondary N) is 1. The second-order valence-corrected chi connectivity index (χ2v) is 4.83. The highest BCUT2D eigenvalue weighted by atomic mass is 19.1. The van der Waals surface area contributed by atoms with E-state index in [1.54, 1.807) is 0 Å². The maximum absolute atomic E-state index is 13.6. The van der Waals surface area contributed by atoms with Crippen molar-refractivity contribution in [2.75, 3.05) is 0 Å². The maximum atomic E-state index is 13.6. The van der Waals surface area contributed by atoms with Crippen molar-refractivity contribution in [1.82, 2.24) is 5.32 Å².